The largest absolute Gasteiger partial charge is 0.481 e. The Morgan fingerprint density at radius 3 is 2.61 bits per heavy atom. The molecule has 0 aliphatic heterocycles. The molecule has 2 rings (SSSR count). The quantitative estimate of drug-likeness (QED) is 0.475. The zero-order valence-corrected chi connectivity index (χ0v) is 13.7. The number of amides is 1. The summed E-state index contributed by atoms with van der Waals surface area (Å²) in [4.78, 5) is 29.4. The molecule has 1 aromatic heterocycles. The van der Waals surface area contributed by atoms with Crippen molar-refractivity contribution in [1.82, 2.24) is 4.98 Å². The number of anilines is 1. The molecule has 7 nitrogen and oxygen atoms in total. The van der Waals surface area contributed by atoms with Crippen molar-refractivity contribution in [2.24, 2.45) is 0 Å². The lowest BCUT2D eigenvalue weighted by atomic mass is 10.1. The lowest BCUT2D eigenvalue weighted by molar-refractivity contribution is -0.385. The average molecular weight is 333 g/mol. The normalized spacial score (nSPS) is 10.2. The summed E-state index contributed by atoms with van der Waals surface area (Å²) in [5.74, 6) is -0.0514. The summed E-state index contributed by atoms with van der Waals surface area (Å²) >= 11 is 1.41. The van der Waals surface area contributed by atoms with E-state index >= 15 is 0 Å². The van der Waals surface area contributed by atoms with Gasteiger partial charge in [-0.25, -0.2) is 4.98 Å². The van der Waals surface area contributed by atoms with E-state index in [1.807, 2.05) is 6.26 Å². The number of pyridine rings is 1. The number of nitro groups is 1. The van der Waals surface area contributed by atoms with Crippen molar-refractivity contribution < 1.29 is 14.5 Å². The molecule has 23 heavy (non-hydrogen) atoms. The van der Waals surface area contributed by atoms with E-state index in [9.17, 15) is 14.9 Å². The smallest absolute Gasteiger partial charge is 0.282 e. The van der Waals surface area contributed by atoms with Crippen LogP contribution in [0.15, 0.2) is 41.4 Å². The van der Waals surface area contributed by atoms with Crippen LogP contribution in [0.25, 0.3) is 0 Å². The van der Waals surface area contributed by atoms with E-state index < -0.39 is 10.8 Å². The van der Waals surface area contributed by atoms with Gasteiger partial charge in [0.2, 0.25) is 5.88 Å². The van der Waals surface area contributed by atoms with E-state index in [0.29, 0.717) is 11.6 Å². The summed E-state index contributed by atoms with van der Waals surface area (Å²) in [6.07, 6.45) is 3.31. The first kappa shape index (κ1) is 16.8. The van der Waals surface area contributed by atoms with E-state index in [4.69, 9.17) is 4.74 Å². The molecule has 0 aliphatic rings. The first-order valence-corrected chi connectivity index (χ1v) is 7.81. The van der Waals surface area contributed by atoms with Crippen LogP contribution in [0.5, 0.6) is 5.88 Å². The Hall–Kier alpha value is -2.61. The number of ether oxygens (including phenoxy) is 1. The zero-order chi connectivity index (χ0) is 17.0. The second-order valence-electron chi connectivity index (χ2n) is 4.56. The molecule has 1 aromatic carbocycles. The second-order valence-corrected chi connectivity index (χ2v) is 5.44. The van der Waals surface area contributed by atoms with Gasteiger partial charge in [-0.3, -0.25) is 14.9 Å². The number of nitro benzene ring substituents is 1. The monoisotopic (exact) mass is 333 g/mol. The molecule has 0 radical (unpaired) electrons. The van der Waals surface area contributed by atoms with Gasteiger partial charge in [0.05, 0.1) is 23.9 Å². The Morgan fingerprint density at radius 1 is 1.35 bits per heavy atom. The maximum atomic E-state index is 12.6. The van der Waals surface area contributed by atoms with E-state index in [-0.39, 0.29) is 11.3 Å². The lowest BCUT2D eigenvalue weighted by Crippen LogP contribution is -2.27. The van der Waals surface area contributed by atoms with Crippen LogP contribution in [0.3, 0.4) is 0 Å². The molecule has 0 atom stereocenters. The Labute approximate surface area is 137 Å². The number of thioether (sulfide) groups is 1. The van der Waals surface area contributed by atoms with E-state index in [0.717, 1.165) is 4.90 Å². The lowest BCUT2D eigenvalue weighted by Gasteiger charge is -2.17. The van der Waals surface area contributed by atoms with Crippen LogP contribution in [0.4, 0.5) is 11.4 Å². The molecule has 1 amide bonds. The number of hydrogen-bond donors (Lipinski definition) is 0. The summed E-state index contributed by atoms with van der Waals surface area (Å²) in [7, 11) is 3.04. The number of carbonyl (C=O) groups is 1. The van der Waals surface area contributed by atoms with Crippen LogP contribution in [0.2, 0.25) is 0 Å². The molecular weight excluding hydrogens is 318 g/mol. The summed E-state index contributed by atoms with van der Waals surface area (Å²) in [5, 5.41) is 11.2. The molecule has 0 N–H and O–H groups in total. The topological polar surface area (TPSA) is 85.6 Å². The molecule has 120 valence electrons. The fraction of sp³-hybridized carbons (Fsp3) is 0.200. The van der Waals surface area contributed by atoms with Crippen molar-refractivity contribution in [3.05, 3.63) is 52.2 Å². The standard InChI is InChI=1S/C15H15N3O4S/c1-17(10-4-7-14(22-2)16-9-10)15(19)12-8-11(23-3)5-6-13(12)18(20)21/h4-9H,1-3H3. The van der Waals surface area contributed by atoms with Crippen molar-refractivity contribution >= 4 is 29.0 Å². The Balaban J connectivity index is 2.39. The minimum atomic E-state index is -0.558. The first-order valence-electron chi connectivity index (χ1n) is 6.58. The number of benzene rings is 1. The third-order valence-electron chi connectivity index (χ3n) is 3.25. The third kappa shape index (κ3) is 3.59. The number of aromatic nitrogens is 1. The number of hydrogen-bond acceptors (Lipinski definition) is 6. The summed E-state index contributed by atoms with van der Waals surface area (Å²) in [6.45, 7) is 0. The molecule has 0 spiro atoms. The minimum Gasteiger partial charge on any atom is -0.481 e. The van der Waals surface area contributed by atoms with Gasteiger partial charge in [-0.2, -0.15) is 0 Å². The molecule has 0 unspecified atom stereocenters. The highest BCUT2D eigenvalue weighted by Gasteiger charge is 2.24. The van der Waals surface area contributed by atoms with Gasteiger partial charge < -0.3 is 9.64 Å². The van der Waals surface area contributed by atoms with Gasteiger partial charge >= 0.3 is 0 Å². The average Bonchev–Trinajstić information content (AvgIpc) is 2.59. The van der Waals surface area contributed by atoms with Crippen LogP contribution in [-0.2, 0) is 0 Å². The predicted octanol–water partition coefficient (Wildman–Crippen LogP) is 3.00. The van der Waals surface area contributed by atoms with E-state index in [1.165, 1.54) is 42.1 Å². The third-order valence-corrected chi connectivity index (χ3v) is 3.98. The summed E-state index contributed by atoms with van der Waals surface area (Å²) < 4.78 is 4.97. The van der Waals surface area contributed by atoms with Gasteiger partial charge in [-0.05, 0) is 24.5 Å². The van der Waals surface area contributed by atoms with Gasteiger partial charge in [-0.15, -0.1) is 11.8 Å². The second kappa shape index (κ2) is 7.10. The number of carbonyl (C=O) groups excluding carboxylic acids is 1. The SMILES string of the molecule is COc1ccc(N(C)C(=O)c2cc(SC)ccc2[N+](=O)[O-])cn1. The molecule has 0 aliphatic carbocycles. The van der Waals surface area contributed by atoms with Crippen molar-refractivity contribution in [3.63, 3.8) is 0 Å². The number of nitrogens with zero attached hydrogens (tertiary/aromatic N) is 3. The minimum absolute atomic E-state index is 0.0418. The highest BCUT2D eigenvalue weighted by molar-refractivity contribution is 7.98. The van der Waals surface area contributed by atoms with Crippen molar-refractivity contribution in [2.75, 3.05) is 25.3 Å². The van der Waals surface area contributed by atoms with Crippen molar-refractivity contribution in [2.45, 2.75) is 4.90 Å². The summed E-state index contributed by atoms with van der Waals surface area (Å²) in [6, 6.07) is 7.77. The highest BCUT2D eigenvalue weighted by atomic mass is 32.2. The van der Waals surface area contributed by atoms with Crippen LogP contribution in [0.1, 0.15) is 10.4 Å². The van der Waals surface area contributed by atoms with Crippen LogP contribution < -0.4 is 9.64 Å². The molecule has 0 fully saturated rings. The predicted molar refractivity (Wildman–Crippen MR) is 88.4 cm³/mol. The maximum absolute atomic E-state index is 12.6. The van der Waals surface area contributed by atoms with Crippen LogP contribution >= 0.6 is 11.8 Å². The van der Waals surface area contributed by atoms with Gasteiger partial charge in [0.15, 0.2) is 0 Å². The molecule has 1 heterocycles. The highest BCUT2D eigenvalue weighted by Crippen LogP contribution is 2.27. The molecule has 2 aromatic rings. The zero-order valence-electron chi connectivity index (χ0n) is 12.8. The van der Waals surface area contributed by atoms with Gasteiger partial charge in [0.1, 0.15) is 5.56 Å². The van der Waals surface area contributed by atoms with Crippen LogP contribution in [0, 0.1) is 10.1 Å². The van der Waals surface area contributed by atoms with Gasteiger partial charge in [0, 0.05) is 24.1 Å². The molecule has 0 saturated carbocycles. The number of methoxy groups -OCH3 is 1. The maximum Gasteiger partial charge on any atom is 0.282 e. The summed E-state index contributed by atoms with van der Waals surface area (Å²) in [5.41, 5.74) is 0.334. The van der Waals surface area contributed by atoms with Crippen molar-refractivity contribution in [3.8, 4) is 5.88 Å². The fourth-order valence-electron chi connectivity index (χ4n) is 1.96. The Morgan fingerprint density at radius 2 is 2.09 bits per heavy atom. The van der Waals surface area contributed by atoms with Gasteiger partial charge in [0.25, 0.3) is 11.6 Å². The first-order chi connectivity index (χ1) is 11.0. The van der Waals surface area contributed by atoms with Crippen molar-refractivity contribution in [1.29, 1.82) is 0 Å². The Kier molecular flexibility index (Phi) is 5.17. The molecule has 0 bridgehead atoms. The van der Waals surface area contributed by atoms with Crippen LogP contribution in [-0.4, -0.2) is 36.2 Å². The fourth-order valence-corrected chi connectivity index (χ4v) is 2.40. The molecule has 8 heteroatoms. The van der Waals surface area contributed by atoms with E-state index in [1.54, 1.807) is 25.2 Å². The van der Waals surface area contributed by atoms with E-state index in [2.05, 4.69) is 4.98 Å². The molecular formula is C15H15N3O4S. The van der Waals surface area contributed by atoms with Gasteiger partial charge in [-0.1, -0.05) is 0 Å². The molecule has 0 saturated heterocycles. The Bertz CT molecular complexity index is 734. The number of rotatable bonds is 5.